The van der Waals surface area contributed by atoms with Crippen molar-refractivity contribution in [3.8, 4) is 55.8 Å². The van der Waals surface area contributed by atoms with Crippen LogP contribution in [0.3, 0.4) is 0 Å². The van der Waals surface area contributed by atoms with Gasteiger partial charge in [0.1, 0.15) is 0 Å². The van der Waals surface area contributed by atoms with E-state index in [1.807, 2.05) is 0 Å². The molecular weight excluding hydrogens is 857 g/mol. The predicted octanol–water partition coefficient (Wildman–Crippen LogP) is 18.8. The lowest BCUT2D eigenvalue weighted by molar-refractivity contribution is 0.623. The van der Waals surface area contributed by atoms with Crippen LogP contribution in [0.25, 0.3) is 77.4 Å². The number of anilines is 3. The Bertz CT molecular complexity index is 3750. The molecule has 0 bridgehead atoms. The molecule has 0 saturated carbocycles. The molecular formula is C69H54N2. The first kappa shape index (κ1) is 42.6. The van der Waals surface area contributed by atoms with Gasteiger partial charge < -0.3 is 9.47 Å². The first-order valence-electron chi connectivity index (χ1n) is 25.2. The smallest absolute Gasteiger partial charge is 0.0577 e. The van der Waals surface area contributed by atoms with Gasteiger partial charge in [-0.3, -0.25) is 0 Å². The minimum atomic E-state index is -0.122. The topological polar surface area (TPSA) is 8.17 Å². The van der Waals surface area contributed by atoms with Gasteiger partial charge in [0.15, 0.2) is 0 Å². The first-order chi connectivity index (χ1) is 35.0. The maximum absolute atomic E-state index is 2.67. The molecule has 0 saturated heterocycles. The first-order valence-corrected chi connectivity index (χ1v) is 25.2. The van der Waals surface area contributed by atoms with Crippen molar-refractivity contribution in [2.24, 2.45) is 5.92 Å². The number of fused-ring (bicyclic) bond motifs is 6. The third-order valence-corrected chi connectivity index (χ3v) is 15.5. The van der Waals surface area contributed by atoms with Crippen LogP contribution < -0.4 is 4.90 Å². The number of nitrogens with zero attached hydrogens (tertiary/aromatic N) is 2. The Morgan fingerprint density at radius 2 is 1.04 bits per heavy atom. The monoisotopic (exact) mass is 910 g/mol. The third kappa shape index (κ3) is 7.33. The highest BCUT2D eigenvalue weighted by Crippen LogP contribution is 2.52. The minimum absolute atomic E-state index is 0.122. The van der Waals surface area contributed by atoms with Crippen molar-refractivity contribution >= 4 is 38.7 Å². The molecule has 0 fully saturated rings. The Labute approximate surface area is 417 Å². The third-order valence-electron chi connectivity index (χ3n) is 15.5. The molecule has 13 rings (SSSR count). The van der Waals surface area contributed by atoms with E-state index in [1.54, 1.807) is 0 Å². The van der Waals surface area contributed by atoms with Crippen molar-refractivity contribution in [2.75, 3.05) is 4.90 Å². The molecule has 3 aliphatic rings. The number of hydrogen-bond donors (Lipinski definition) is 0. The van der Waals surface area contributed by atoms with Crippen LogP contribution in [0.4, 0.5) is 17.1 Å². The van der Waals surface area contributed by atoms with Crippen LogP contribution in [-0.2, 0) is 5.41 Å². The molecule has 340 valence electrons. The SMILES string of the molecule is CC1(C)c2ccccc2-c2ccc(N(c3ccc(-c4ccccc4)cc3)c3ccc(-c4cc5c(-c6ccccc6)c(-c6ccccc6)n(C6C=CC(C7C=CC=CC7)=CC6)c5c5ccccc45)cc3)cc21. The van der Waals surface area contributed by atoms with Gasteiger partial charge >= 0.3 is 0 Å². The molecule has 0 aliphatic heterocycles. The second-order valence-electron chi connectivity index (χ2n) is 19.9. The molecule has 9 aromatic carbocycles. The van der Waals surface area contributed by atoms with Gasteiger partial charge in [0.25, 0.3) is 0 Å². The highest BCUT2D eigenvalue weighted by Gasteiger charge is 2.36. The molecule has 0 N–H and O–H groups in total. The van der Waals surface area contributed by atoms with Gasteiger partial charge in [0.2, 0.25) is 0 Å². The Balaban J connectivity index is 0.974. The zero-order valence-electron chi connectivity index (χ0n) is 40.2. The van der Waals surface area contributed by atoms with Crippen LogP contribution >= 0.6 is 0 Å². The summed E-state index contributed by atoms with van der Waals surface area (Å²) in [6.45, 7) is 4.73. The summed E-state index contributed by atoms with van der Waals surface area (Å²) >= 11 is 0. The molecule has 0 spiro atoms. The van der Waals surface area contributed by atoms with Crippen LogP contribution in [0, 0.1) is 5.92 Å². The zero-order valence-corrected chi connectivity index (χ0v) is 40.2. The summed E-state index contributed by atoms with van der Waals surface area (Å²) in [5.74, 6) is 0.424. The number of benzene rings is 9. The fourth-order valence-electron chi connectivity index (χ4n) is 11.9. The van der Waals surface area contributed by atoms with E-state index >= 15 is 0 Å². The van der Waals surface area contributed by atoms with Crippen LogP contribution in [0.1, 0.15) is 43.9 Å². The molecule has 0 amide bonds. The summed E-state index contributed by atoms with van der Waals surface area (Å²) < 4.78 is 2.67. The van der Waals surface area contributed by atoms with Crippen molar-refractivity contribution in [1.29, 1.82) is 0 Å². The van der Waals surface area contributed by atoms with Gasteiger partial charge in [-0.05, 0) is 122 Å². The summed E-state index contributed by atoms with van der Waals surface area (Å²) in [7, 11) is 0. The fraction of sp³-hybridized carbons (Fsp3) is 0.101. The summed E-state index contributed by atoms with van der Waals surface area (Å²) in [5.41, 5.74) is 21.1. The molecule has 0 radical (unpaired) electrons. The second kappa shape index (κ2) is 17.5. The maximum Gasteiger partial charge on any atom is 0.0577 e. The quantitative estimate of drug-likeness (QED) is 0.140. The Morgan fingerprint density at radius 1 is 0.451 bits per heavy atom. The van der Waals surface area contributed by atoms with Gasteiger partial charge in [0, 0.05) is 44.7 Å². The Kier molecular flexibility index (Phi) is 10.5. The summed E-state index contributed by atoms with van der Waals surface area (Å²) in [4.78, 5) is 2.43. The van der Waals surface area contributed by atoms with E-state index < -0.39 is 0 Å². The predicted molar refractivity (Wildman–Crippen MR) is 301 cm³/mol. The van der Waals surface area contributed by atoms with Gasteiger partial charge in [-0.25, -0.2) is 0 Å². The van der Waals surface area contributed by atoms with Crippen LogP contribution in [0.5, 0.6) is 0 Å². The minimum Gasteiger partial charge on any atom is -0.332 e. The number of rotatable bonds is 9. The standard InChI is InChI=1S/C69H54N2/c1-69(2)64-30-18-17-28-59(64)60-44-43-57(45-65(60)69)70(54-37-31-49(32-38-54)47-19-7-3-8-20-47)55-41-35-51(36-42-55)62-46-63-66(52-23-11-5-12-24-52)67(53-25-13-6-14-26-53)71(68(63)61-29-16-15-27-58(61)62)56-39-33-50(34-40-56)48-21-9-4-10-22-48/h3-21,23-39,41-46,48,56H,22,40H2,1-2H3. The average Bonchev–Trinajstić information content (AvgIpc) is 3.91. The van der Waals surface area contributed by atoms with Crippen molar-refractivity contribution in [2.45, 2.75) is 38.1 Å². The molecule has 1 heterocycles. The normalized spacial score (nSPS) is 16.5. The average molecular weight is 911 g/mol. The lowest BCUT2D eigenvalue weighted by atomic mass is 9.82. The lowest BCUT2D eigenvalue weighted by Crippen LogP contribution is -2.16. The molecule has 3 aliphatic carbocycles. The summed E-state index contributed by atoms with van der Waals surface area (Å²) in [5, 5.41) is 3.77. The molecule has 71 heavy (non-hydrogen) atoms. The Morgan fingerprint density at radius 3 is 1.72 bits per heavy atom. The lowest BCUT2D eigenvalue weighted by Gasteiger charge is -2.28. The maximum atomic E-state index is 2.67. The van der Waals surface area contributed by atoms with Crippen molar-refractivity contribution < 1.29 is 0 Å². The van der Waals surface area contributed by atoms with Crippen molar-refractivity contribution in [1.82, 2.24) is 4.57 Å². The Hall–Kier alpha value is -8.46. The summed E-state index contributed by atoms with van der Waals surface area (Å²) in [6.07, 6.45) is 18.3. The highest BCUT2D eigenvalue weighted by atomic mass is 15.1. The molecule has 1 aromatic heterocycles. The van der Waals surface area contributed by atoms with Gasteiger partial charge in [-0.2, -0.15) is 0 Å². The second-order valence-corrected chi connectivity index (χ2v) is 19.9. The van der Waals surface area contributed by atoms with E-state index in [-0.39, 0.29) is 11.5 Å². The van der Waals surface area contributed by atoms with E-state index in [0.717, 1.165) is 29.9 Å². The zero-order chi connectivity index (χ0) is 47.5. The van der Waals surface area contributed by atoms with Crippen molar-refractivity contribution in [3.63, 3.8) is 0 Å². The van der Waals surface area contributed by atoms with E-state index in [2.05, 4.69) is 278 Å². The fourth-order valence-corrected chi connectivity index (χ4v) is 11.9. The van der Waals surface area contributed by atoms with E-state index in [0.29, 0.717) is 5.92 Å². The largest absolute Gasteiger partial charge is 0.332 e. The molecule has 2 atom stereocenters. The van der Waals surface area contributed by atoms with Crippen molar-refractivity contribution in [3.05, 3.63) is 272 Å². The molecule has 2 heteroatoms. The number of allylic oxidation sites excluding steroid dienone is 8. The van der Waals surface area contributed by atoms with Gasteiger partial charge in [-0.15, -0.1) is 0 Å². The van der Waals surface area contributed by atoms with Gasteiger partial charge in [-0.1, -0.05) is 226 Å². The highest BCUT2D eigenvalue weighted by molar-refractivity contribution is 6.19. The van der Waals surface area contributed by atoms with Gasteiger partial charge in [0.05, 0.1) is 17.3 Å². The number of aromatic nitrogens is 1. The van der Waals surface area contributed by atoms with E-state index in [1.165, 1.54) is 94.1 Å². The van der Waals surface area contributed by atoms with Crippen LogP contribution in [0.2, 0.25) is 0 Å². The van der Waals surface area contributed by atoms with E-state index in [4.69, 9.17) is 0 Å². The molecule has 2 nitrogen and oxygen atoms in total. The molecule has 10 aromatic rings. The molecule has 2 unspecified atom stereocenters. The van der Waals surface area contributed by atoms with Crippen LogP contribution in [-0.4, -0.2) is 4.57 Å². The number of hydrogen-bond acceptors (Lipinski definition) is 1. The van der Waals surface area contributed by atoms with E-state index in [9.17, 15) is 0 Å². The van der Waals surface area contributed by atoms with Crippen LogP contribution in [0.15, 0.2) is 260 Å². The summed E-state index contributed by atoms with van der Waals surface area (Å²) in [6, 6.07) is 78.8.